The Bertz CT molecular complexity index is 791. The quantitative estimate of drug-likeness (QED) is 0.728. The highest BCUT2D eigenvalue weighted by molar-refractivity contribution is 5.66. The van der Waals surface area contributed by atoms with Gasteiger partial charge in [-0.1, -0.05) is 30.3 Å². The van der Waals surface area contributed by atoms with Crippen LogP contribution in [0.1, 0.15) is 5.69 Å². The molecule has 1 fully saturated rings. The van der Waals surface area contributed by atoms with E-state index in [9.17, 15) is 0 Å². The maximum Gasteiger partial charge on any atom is 0.154 e. The van der Waals surface area contributed by atoms with E-state index >= 15 is 0 Å². The molecule has 1 aromatic carbocycles. The fourth-order valence-corrected chi connectivity index (χ4v) is 2.86. The van der Waals surface area contributed by atoms with Crippen LogP contribution in [0.3, 0.4) is 0 Å². The van der Waals surface area contributed by atoms with E-state index in [-0.39, 0.29) is 0 Å². The Morgan fingerprint density at radius 1 is 1.00 bits per heavy atom. The third kappa shape index (κ3) is 2.23. The number of rotatable bonds is 2. The van der Waals surface area contributed by atoms with Crippen molar-refractivity contribution in [2.75, 3.05) is 31.2 Å². The van der Waals surface area contributed by atoms with E-state index in [1.165, 1.54) is 0 Å². The summed E-state index contributed by atoms with van der Waals surface area (Å²) in [5, 5.41) is 4.77. The maximum atomic E-state index is 5.41. The van der Waals surface area contributed by atoms with E-state index in [0.29, 0.717) is 0 Å². The zero-order chi connectivity index (χ0) is 14.9. The van der Waals surface area contributed by atoms with Gasteiger partial charge in [-0.3, -0.25) is 0 Å². The van der Waals surface area contributed by atoms with Crippen molar-refractivity contribution < 1.29 is 4.74 Å². The molecule has 5 heteroatoms. The van der Waals surface area contributed by atoms with Gasteiger partial charge in [0.15, 0.2) is 5.65 Å². The molecule has 5 nitrogen and oxygen atoms in total. The Morgan fingerprint density at radius 2 is 1.77 bits per heavy atom. The first kappa shape index (κ1) is 13.3. The number of fused-ring (bicyclic) bond motifs is 1. The molecule has 0 amide bonds. The van der Waals surface area contributed by atoms with Crippen LogP contribution in [0.5, 0.6) is 0 Å². The van der Waals surface area contributed by atoms with Gasteiger partial charge in [0.2, 0.25) is 0 Å². The number of ether oxygens (including phenoxy) is 1. The first-order valence-electron chi connectivity index (χ1n) is 7.57. The topological polar surface area (TPSA) is 42.7 Å². The molecule has 0 aliphatic carbocycles. The molecule has 112 valence electrons. The average Bonchev–Trinajstić information content (AvgIpc) is 2.93. The van der Waals surface area contributed by atoms with E-state index in [1.807, 2.05) is 34.8 Å². The van der Waals surface area contributed by atoms with Crippen LogP contribution in [-0.4, -0.2) is 40.9 Å². The highest BCUT2D eigenvalue weighted by Gasteiger charge is 2.16. The van der Waals surface area contributed by atoms with Gasteiger partial charge >= 0.3 is 0 Å². The van der Waals surface area contributed by atoms with Gasteiger partial charge in [-0.05, 0) is 19.1 Å². The van der Waals surface area contributed by atoms with Crippen LogP contribution in [-0.2, 0) is 4.74 Å². The second-order valence-electron chi connectivity index (χ2n) is 5.47. The van der Waals surface area contributed by atoms with Crippen molar-refractivity contribution >= 4 is 11.5 Å². The molecule has 0 bridgehead atoms. The zero-order valence-corrected chi connectivity index (χ0v) is 12.6. The standard InChI is InChI=1S/C17H18N4O/c1-13-17(14-5-3-2-4-6-14)18-15-7-8-16(19-21(13)15)20-9-11-22-12-10-20/h2-8H,9-12H2,1H3. The number of hydrogen-bond donors (Lipinski definition) is 0. The van der Waals surface area contributed by atoms with Gasteiger partial charge in [0, 0.05) is 18.7 Å². The Balaban J connectivity index is 1.78. The van der Waals surface area contributed by atoms with Crippen molar-refractivity contribution in [1.29, 1.82) is 0 Å². The van der Waals surface area contributed by atoms with Crippen LogP contribution in [0.25, 0.3) is 16.9 Å². The number of nitrogens with zero attached hydrogens (tertiary/aromatic N) is 4. The maximum absolute atomic E-state index is 5.41. The highest BCUT2D eigenvalue weighted by atomic mass is 16.5. The molecule has 3 aromatic rings. The SMILES string of the molecule is Cc1c(-c2ccccc2)nc2ccc(N3CCOCC3)nn12. The highest BCUT2D eigenvalue weighted by Crippen LogP contribution is 2.24. The van der Waals surface area contributed by atoms with Crippen molar-refractivity contribution in [3.63, 3.8) is 0 Å². The van der Waals surface area contributed by atoms with Crippen molar-refractivity contribution in [2.45, 2.75) is 6.92 Å². The van der Waals surface area contributed by atoms with Crippen LogP contribution in [0, 0.1) is 6.92 Å². The number of anilines is 1. The monoisotopic (exact) mass is 294 g/mol. The molecule has 4 rings (SSSR count). The fourth-order valence-electron chi connectivity index (χ4n) is 2.86. The summed E-state index contributed by atoms with van der Waals surface area (Å²) in [5.74, 6) is 0.982. The zero-order valence-electron chi connectivity index (χ0n) is 12.6. The summed E-state index contributed by atoms with van der Waals surface area (Å²) in [5.41, 5.74) is 4.07. The number of hydrogen-bond acceptors (Lipinski definition) is 4. The van der Waals surface area contributed by atoms with Crippen molar-refractivity contribution in [2.24, 2.45) is 0 Å². The molecular formula is C17H18N4O. The predicted molar refractivity (Wildman–Crippen MR) is 86.2 cm³/mol. The number of benzene rings is 1. The minimum absolute atomic E-state index is 0.762. The molecule has 2 aromatic heterocycles. The van der Waals surface area contributed by atoms with Gasteiger partial charge in [0.25, 0.3) is 0 Å². The molecule has 0 radical (unpaired) electrons. The van der Waals surface area contributed by atoms with Gasteiger partial charge in [0.1, 0.15) is 5.82 Å². The second-order valence-corrected chi connectivity index (χ2v) is 5.47. The average molecular weight is 294 g/mol. The number of aryl methyl sites for hydroxylation is 1. The lowest BCUT2D eigenvalue weighted by Gasteiger charge is -2.27. The smallest absolute Gasteiger partial charge is 0.154 e. The van der Waals surface area contributed by atoms with Gasteiger partial charge in [-0.15, -0.1) is 5.10 Å². The first-order chi connectivity index (χ1) is 10.8. The number of aromatic nitrogens is 3. The van der Waals surface area contributed by atoms with E-state index in [2.05, 4.69) is 24.0 Å². The Labute approximate surface area is 129 Å². The summed E-state index contributed by atoms with van der Waals surface area (Å²) in [6.07, 6.45) is 0. The largest absolute Gasteiger partial charge is 0.378 e. The molecule has 1 aliphatic heterocycles. The van der Waals surface area contributed by atoms with Crippen LogP contribution in [0.15, 0.2) is 42.5 Å². The van der Waals surface area contributed by atoms with E-state index in [1.54, 1.807) is 0 Å². The third-order valence-electron chi connectivity index (χ3n) is 4.07. The van der Waals surface area contributed by atoms with Crippen molar-refractivity contribution in [3.05, 3.63) is 48.2 Å². The summed E-state index contributed by atoms with van der Waals surface area (Å²) >= 11 is 0. The lowest BCUT2D eigenvalue weighted by molar-refractivity contribution is 0.122. The van der Waals surface area contributed by atoms with E-state index < -0.39 is 0 Å². The van der Waals surface area contributed by atoms with Gasteiger partial charge in [-0.25, -0.2) is 9.50 Å². The van der Waals surface area contributed by atoms with Crippen LogP contribution >= 0.6 is 0 Å². The third-order valence-corrected chi connectivity index (χ3v) is 4.07. The van der Waals surface area contributed by atoms with Crippen LogP contribution in [0.2, 0.25) is 0 Å². The Hall–Kier alpha value is -2.40. The minimum atomic E-state index is 0.762. The number of imidazole rings is 1. The molecule has 0 saturated carbocycles. The minimum Gasteiger partial charge on any atom is -0.378 e. The van der Waals surface area contributed by atoms with Gasteiger partial charge < -0.3 is 9.64 Å². The Kier molecular flexibility index (Phi) is 3.27. The lowest BCUT2D eigenvalue weighted by atomic mass is 10.1. The lowest BCUT2D eigenvalue weighted by Crippen LogP contribution is -2.37. The Morgan fingerprint density at radius 3 is 2.55 bits per heavy atom. The first-order valence-corrected chi connectivity index (χ1v) is 7.57. The molecule has 1 aliphatic rings. The molecule has 22 heavy (non-hydrogen) atoms. The summed E-state index contributed by atoms with van der Waals surface area (Å²) in [6, 6.07) is 14.3. The molecular weight excluding hydrogens is 276 g/mol. The van der Waals surface area contributed by atoms with Gasteiger partial charge in [-0.2, -0.15) is 0 Å². The summed E-state index contributed by atoms with van der Waals surface area (Å²) in [6.45, 7) is 5.36. The second kappa shape index (κ2) is 5.42. The summed E-state index contributed by atoms with van der Waals surface area (Å²) < 4.78 is 7.34. The molecule has 1 saturated heterocycles. The molecule has 0 spiro atoms. The van der Waals surface area contributed by atoms with E-state index in [0.717, 1.165) is 54.7 Å². The predicted octanol–water partition coefficient (Wildman–Crippen LogP) is 2.54. The van der Waals surface area contributed by atoms with Crippen LogP contribution < -0.4 is 4.90 Å². The van der Waals surface area contributed by atoms with Crippen molar-refractivity contribution in [1.82, 2.24) is 14.6 Å². The molecule has 0 N–H and O–H groups in total. The van der Waals surface area contributed by atoms with Crippen molar-refractivity contribution in [3.8, 4) is 11.3 Å². The fraction of sp³-hybridized carbons (Fsp3) is 0.294. The normalized spacial score (nSPS) is 15.4. The molecule has 0 atom stereocenters. The van der Waals surface area contributed by atoms with Gasteiger partial charge in [0.05, 0.1) is 24.6 Å². The van der Waals surface area contributed by atoms with E-state index in [4.69, 9.17) is 14.8 Å². The summed E-state index contributed by atoms with van der Waals surface area (Å²) in [4.78, 5) is 6.98. The van der Waals surface area contributed by atoms with Crippen LogP contribution in [0.4, 0.5) is 5.82 Å². The molecule has 0 unspecified atom stereocenters. The number of morpholine rings is 1. The summed E-state index contributed by atoms with van der Waals surface area (Å²) in [7, 11) is 0. The molecule has 3 heterocycles.